The molecule has 0 saturated carbocycles. The van der Waals surface area contributed by atoms with Crippen molar-refractivity contribution < 1.29 is 8.42 Å². The van der Waals surface area contributed by atoms with Crippen LogP contribution in [-0.2, 0) is 24.1 Å². The van der Waals surface area contributed by atoms with E-state index in [2.05, 4.69) is 9.71 Å². The van der Waals surface area contributed by atoms with Crippen molar-refractivity contribution >= 4 is 32.8 Å². The van der Waals surface area contributed by atoms with Crippen LogP contribution < -0.4 is 10.4 Å². The van der Waals surface area contributed by atoms with Gasteiger partial charge in [-0.1, -0.05) is 6.07 Å². The Morgan fingerprint density at radius 2 is 1.88 bits per heavy atom. The van der Waals surface area contributed by atoms with Crippen molar-refractivity contribution in [3.8, 4) is 0 Å². The quantitative estimate of drug-likeness (QED) is 0.517. The summed E-state index contributed by atoms with van der Waals surface area (Å²) in [7, 11) is -0.353. The van der Waals surface area contributed by atoms with Gasteiger partial charge >= 0.3 is 5.69 Å². The predicted octanol–water partition coefficient (Wildman–Crippen LogP) is 1.34. The van der Waals surface area contributed by atoms with E-state index in [0.29, 0.717) is 16.8 Å². The molecule has 0 atom stereocenters. The van der Waals surface area contributed by atoms with Crippen LogP contribution in [0.1, 0.15) is 0 Å². The number of fused-ring (bicyclic) bond motifs is 1. The van der Waals surface area contributed by atoms with Crippen molar-refractivity contribution in [1.29, 1.82) is 0 Å². The summed E-state index contributed by atoms with van der Waals surface area (Å²) in [5, 5.41) is 0.849. The normalized spacial score (nSPS) is 11.9. The fraction of sp³-hybridized carbons (Fsp3) is 0.250. The lowest BCUT2D eigenvalue weighted by Crippen LogP contribution is -2.26. The number of sulfonamides is 1. The lowest BCUT2D eigenvalue weighted by molar-refractivity contribution is 0.584. The van der Waals surface area contributed by atoms with Crippen molar-refractivity contribution in [2.75, 3.05) is 12.3 Å². The van der Waals surface area contributed by atoms with Gasteiger partial charge in [-0.15, -0.1) is 11.8 Å². The molecule has 3 rings (SSSR count). The number of imidazole rings is 1. The Morgan fingerprint density at radius 3 is 2.60 bits per heavy atom. The Morgan fingerprint density at radius 1 is 1.12 bits per heavy atom. The maximum atomic E-state index is 12.5. The van der Waals surface area contributed by atoms with E-state index in [0.717, 1.165) is 5.03 Å². The Bertz CT molecular complexity index is 1060. The van der Waals surface area contributed by atoms with Crippen LogP contribution in [0.15, 0.2) is 57.3 Å². The maximum absolute atomic E-state index is 12.5. The van der Waals surface area contributed by atoms with Crippen molar-refractivity contribution in [3.05, 3.63) is 53.1 Å². The summed E-state index contributed by atoms with van der Waals surface area (Å²) in [5.41, 5.74) is 1.08. The minimum Gasteiger partial charge on any atom is -0.295 e. The molecule has 1 N–H and O–H groups in total. The van der Waals surface area contributed by atoms with Crippen LogP contribution in [0.25, 0.3) is 11.0 Å². The summed E-state index contributed by atoms with van der Waals surface area (Å²) in [6.45, 7) is 0.287. The van der Waals surface area contributed by atoms with Crippen LogP contribution >= 0.6 is 11.8 Å². The summed E-state index contributed by atoms with van der Waals surface area (Å²) in [6, 6.07) is 10.3. The van der Waals surface area contributed by atoms with Gasteiger partial charge in [0.1, 0.15) is 0 Å². The van der Waals surface area contributed by atoms with E-state index >= 15 is 0 Å². The SMILES string of the molecule is Cn1c(=O)n(C)c2cc(S(=O)(=O)NCCSc3ccccn3)ccc21. The van der Waals surface area contributed by atoms with E-state index in [-0.39, 0.29) is 17.1 Å². The Hall–Kier alpha value is -2.10. The van der Waals surface area contributed by atoms with E-state index < -0.39 is 10.0 Å². The molecule has 0 aliphatic heterocycles. The molecule has 0 unspecified atom stereocenters. The third-order valence-corrected chi connectivity index (χ3v) is 6.24. The molecule has 0 bridgehead atoms. The number of aromatic nitrogens is 3. The lowest BCUT2D eigenvalue weighted by Gasteiger charge is -2.07. The van der Waals surface area contributed by atoms with Gasteiger partial charge in [0.15, 0.2) is 0 Å². The monoisotopic (exact) mass is 378 g/mol. The van der Waals surface area contributed by atoms with Crippen LogP contribution in [0.3, 0.4) is 0 Å². The van der Waals surface area contributed by atoms with Gasteiger partial charge in [-0.25, -0.2) is 22.9 Å². The zero-order valence-electron chi connectivity index (χ0n) is 13.8. The van der Waals surface area contributed by atoms with Gasteiger partial charge < -0.3 is 0 Å². The second kappa shape index (κ2) is 7.03. The molecule has 0 fully saturated rings. The second-order valence-corrected chi connectivity index (χ2v) is 8.35. The number of pyridine rings is 1. The first-order valence-electron chi connectivity index (χ1n) is 7.59. The van der Waals surface area contributed by atoms with Gasteiger partial charge in [-0.05, 0) is 30.3 Å². The molecule has 25 heavy (non-hydrogen) atoms. The highest BCUT2D eigenvalue weighted by molar-refractivity contribution is 7.99. The molecule has 132 valence electrons. The van der Waals surface area contributed by atoms with Gasteiger partial charge in [-0.2, -0.15) is 0 Å². The molecule has 0 aliphatic carbocycles. The number of nitrogens with one attached hydrogen (secondary N) is 1. The average molecular weight is 378 g/mol. The van der Waals surface area contributed by atoms with Gasteiger partial charge in [0.25, 0.3) is 0 Å². The first-order valence-corrected chi connectivity index (χ1v) is 10.1. The molecule has 0 amide bonds. The summed E-state index contributed by atoms with van der Waals surface area (Å²) < 4.78 is 30.4. The minimum absolute atomic E-state index is 0.143. The zero-order valence-corrected chi connectivity index (χ0v) is 15.5. The van der Waals surface area contributed by atoms with Gasteiger partial charge in [0.05, 0.1) is 21.0 Å². The molecule has 3 aromatic rings. The van der Waals surface area contributed by atoms with Gasteiger partial charge in [0, 0.05) is 32.6 Å². The Kier molecular flexibility index (Phi) is 4.98. The summed E-state index contributed by atoms with van der Waals surface area (Å²) in [6.07, 6.45) is 1.70. The first kappa shape index (κ1) is 17.7. The molecule has 9 heteroatoms. The van der Waals surface area contributed by atoms with Crippen LogP contribution in [0.2, 0.25) is 0 Å². The van der Waals surface area contributed by atoms with E-state index in [4.69, 9.17) is 0 Å². The molecule has 0 radical (unpaired) electrons. The van der Waals surface area contributed by atoms with Crippen molar-refractivity contribution in [3.63, 3.8) is 0 Å². The Balaban J connectivity index is 1.72. The molecule has 0 saturated heterocycles. The number of hydrogen-bond donors (Lipinski definition) is 1. The van der Waals surface area contributed by atoms with Crippen LogP contribution in [0.5, 0.6) is 0 Å². The van der Waals surface area contributed by atoms with Crippen LogP contribution in [-0.4, -0.2) is 34.8 Å². The summed E-state index contributed by atoms with van der Waals surface area (Å²) in [4.78, 5) is 16.3. The topological polar surface area (TPSA) is 86.0 Å². The Labute approximate surface area is 149 Å². The number of thioether (sulfide) groups is 1. The van der Waals surface area contributed by atoms with E-state index in [1.807, 2.05) is 18.2 Å². The van der Waals surface area contributed by atoms with E-state index in [1.165, 1.54) is 33.0 Å². The van der Waals surface area contributed by atoms with E-state index in [1.54, 1.807) is 26.4 Å². The molecular formula is C16H18N4O3S2. The van der Waals surface area contributed by atoms with Crippen molar-refractivity contribution in [2.45, 2.75) is 9.92 Å². The number of rotatable bonds is 6. The fourth-order valence-electron chi connectivity index (χ4n) is 2.50. The van der Waals surface area contributed by atoms with Crippen molar-refractivity contribution in [2.24, 2.45) is 14.1 Å². The molecule has 2 aromatic heterocycles. The molecule has 2 heterocycles. The van der Waals surface area contributed by atoms with E-state index in [9.17, 15) is 13.2 Å². The summed E-state index contributed by atoms with van der Waals surface area (Å²) >= 11 is 1.48. The number of benzene rings is 1. The minimum atomic E-state index is -3.63. The molecule has 7 nitrogen and oxygen atoms in total. The van der Waals surface area contributed by atoms with Gasteiger partial charge in [-0.3, -0.25) is 9.13 Å². The lowest BCUT2D eigenvalue weighted by atomic mass is 10.3. The highest BCUT2D eigenvalue weighted by Gasteiger charge is 2.16. The molecule has 0 spiro atoms. The predicted molar refractivity (Wildman–Crippen MR) is 98.3 cm³/mol. The molecular weight excluding hydrogens is 360 g/mol. The summed E-state index contributed by atoms with van der Waals surface area (Å²) in [5.74, 6) is 0.572. The van der Waals surface area contributed by atoms with Crippen LogP contribution in [0.4, 0.5) is 0 Å². The number of nitrogens with zero attached hydrogens (tertiary/aromatic N) is 3. The maximum Gasteiger partial charge on any atom is 0.328 e. The fourth-order valence-corrected chi connectivity index (χ4v) is 4.41. The zero-order chi connectivity index (χ0) is 18.0. The van der Waals surface area contributed by atoms with Crippen molar-refractivity contribution in [1.82, 2.24) is 18.8 Å². The highest BCUT2D eigenvalue weighted by Crippen LogP contribution is 2.18. The first-order chi connectivity index (χ1) is 11.9. The molecule has 0 aliphatic rings. The smallest absolute Gasteiger partial charge is 0.295 e. The second-order valence-electron chi connectivity index (χ2n) is 5.47. The van der Waals surface area contributed by atoms with Gasteiger partial charge in [0.2, 0.25) is 10.0 Å². The number of hydrogen-bond acceptors (Lipinski definition) is 5. The largest absolute Gasteiger partial charge is 0.328 e. The third-order valence-electron chi connectivity index (χ3n) is 3.84. The highest BCUT2D eigenvalue weighted by atomic mass is 32.2. The van der Waals surface area contributed by atoms with Crippen LogP contribution in [0, 0.1) is 0 Å². The standard InChI is InChI=1S/C16H18N4O3S2/c1-19-13-7-6-12(11-14(13)20(2)16(19)21)25(22,23)18-9-10-24-15-5-3-4-8-17-15/h3-8,11,18H,9-10H2,1-2H3. The number of aryl methyl sites for hydroxylation is 2. The third kappa shape index (κ3) is 3.63. The molecule has 1 aromatic carbocycles. The average Bonchev–Trinajstić information content (AvgIpc) is 2.84.